The van der Waals surface area contributed by atoms with E-state index < -0.39 is 6.04 Å². The van der Waals surface area contributed by atoms with Crippen LogP contribution in [0, 0.1) is 0 Å². The van der Waals surface area contributed by atoms with E-state index in [0.29, 0.717) is 32.3 Å². The third kappa shape index (κ3) is 3.07. The lowest BCUT2D eigenvalue weighted by Crippen LogP contribution is -2.47. The normalized spacial score (nSPS) is 20.1. The summed E-state index contributed by atoms with van der Waals surface area (Å²) in [5.41, 5.74) is -0.151. The molecule has 2 heterocycles. The van der Waals surface area contributed by atoms with Crippen LogP contribution in [0.5, 0.6) is 0 Å². The molecule has 3 rings (SSSR count). The average Bonchev–Trinajstić information content (AvgIpc) is 3.34. The van der Waals surface area contributed by atoms with E-state index in [1.165, 1.54) is 0 Å². The van der Waals surface area contributed by atoms with Crippen LogP contribution in [0.3, 0.4) is 0 Å². The first kappa shape index (κ1) is 14.1. The number of nitrogens with one attached hydrogen (secondary N) is 1. The Bertz CT molecular complexity index is 576. The van der Waals surface area contributed by atoms with Crippen molar-refractivity contribution in [3.05, 3.63) is 22.7 Å². The van der Waals surface area contributed by atoms with Crippen LogP contribution < -0.4 is 10.9 Å². The average molecular weight is 292 g/mol. The van der Waals surface area contributed by atoms with Gasteiger partial charge in [0.05, 0.1) is 13.2 Å². The predicted octanol–water partition coefficient (Wildman–Crippen LogP) is 0.237. The van der Waals surface area contributed by atoms with Crippen LogP contribution in [0.2, 0.25) is 0 Å². The van der Waals surface area contributed by atoms with Crippen molar-refractivity contribution in [1.29, 1.82) is 0 Å². The van der Waals surface area contributed by atoms with Gasteiger partial charge in [0, 0.05) is 31.5 Å². The maximum absolute atomic E-state index is 12.3. The third-order valence-corrected chi connectivity index (χ3v) is 3.85. The van der Waals surface area contributed by atoms with Gasteiger partial charge >= 0.3 is 0 Å². The molecule has 7 nitrogen and oxygen atoms in total. The number of aromatic nitrogens is 2. The van der Waals surface area contributed by atoms with Crippen molar-refractivity contribution in [2.45, 2.75) is 31.8 Å². The summed E-state index contributed by atoms with van der Waals surface area (Å²) in [6, 6.07) is -0.176. The van der Waals surface area contributed by atoms with Crippen molar-refractivity contribution in [2.24, 2.45) is 0 Å². The standard InChI is InChI=1S/C14H20N4O3/c1-10(13(19)17-6-8-21-9-7-17)16-12-14(20)18(5-4-15-12)11-2-3-11/h4-5,10-11H,2-3,6-9H2,1H3,(H,15,16). The highest BCUT2D eigenvalue weighted by Crippen LogP contribution is 2.33. The number of nitrogens with zero attached hydrogens (tertiary/aromatic N) is 3. The Morgan fingerprint density at radius 2 is 2.14 bits per heavy atom. The van der Waals surface area contributed by atoms with Crippen LogP contribution in [0.1, 0.15) is 25.8 Å². The third-order valence-electron chi connectivity index (χ3n) is 3.85. The number of morpholine rings is 1. The fraction of sp³-hybridized carbons (Fsp3) is 0.643. The monoisotopic (exact) mass is 292 g/mol. The van der Waals surface area contributed by atoms with Crippen LogP contribution in [-0.2, 0) is 9.53 Å². The Balaban J connectivity index is 1.69. The van der Waals surface area contributed by atoms with E-state index in [0.717, 1.165) is 12.8 Å². The molecule has 2 fully saturated rings. The summed E-state index contributed by atoms with van der Waals surface area (Å²) in [5.74, 6) is 0.222. The van der Waals surface area contributed by atoms with Crippen molar-refractivity contribution < 1.29 is 9.53 Å². The summed E-state index contributed by atoms with van der Waals surface area (Å²) in [6.07, 6.45) is 5.38. The summed E-state index contributed by atoms with van der Waals surface area (Å²) in [4.78, 5) is 30.4. The van der Waals surface area contributed by atoms with E-state index in [2.05, 4.69) is 10.3 Å². The van der Waals surface area contributed by atoms with Crippen molar-refractivity contribution in [1.82, 2.24) is 14.5 Å². The Kier molecular flexibility index (Phi) is 3.92. The Morgan fingerprint density at radius 1 is 1.43 bits per heavy atom. The SMILES string of the molecule is CC(Nc1nccn(C2CC2)c1=O)C(=O)N1CCOCC1. The van der Waals surface area contributed by atoms with Crippen molar-refractivity contribution in [2.75, 3.05) is 31.6 Å². The lowest BCUT2D eigenvalue weighted by Gasteiger charge is -2.29. The molecule has 1 aliphatic heterocycles. The second kappa shape index (κ2) is 5.85. The van der Waals surface area contributed by atoms with Gasteiger partial charge in [-0.25, -0.2) is 4.98 Å². The van der Waals surface area contributed by atoms with Crippen molar-refractivity contribution >= 4 is 11.7 Å². The molecule has 1 aromatic rings. The first-order valence-corrected chi connectivity index (χ1v) is 7.37. The zero-order valence-electron chi connectivity index (χ0n) is 12.1. The van der Waals surface area contributed by atoms with Gasteiger partial charge in [-0.3, -0.25) is 9.59 Å². The first-order valence-electron chi connectivity index (χ1n) is 7.37. The minimum absolute atomic E-state index is 0.0266. The molecule has 1 unspecified atom stereocenters. The molecule has 1 saturated heterocycles. The van der Waals surface area contributed by atoms with Gasteiger partial charge in [0.15, 0.2) is 5.82 Å². The molecule has 7 heteroatoms. The summed E-state index contributed by atoms with van der Waals surface area (Å²) in [7, 11) is 0. The molecule has 114 valence electrons. The minimum Gasteiger partial charge on any atom is -0.378 e. The van der Waals surface area contributed by atoms with E-state index in [-0.39, 0.29) is 17.3 Å². The van der Waals surface area contributed by atoms with Crippen LogP contribution >= 0.6 is 0 Å². The molecular formula is C14H20N4O3. The lowest BCUT2D eigenvalue weighted by atomic mass is 10.2. The minimum atomic E-state index is -0.474. The fourth-order valence-electron chi connectivity index (χ4n) is 2.49. The van der Waals surface area contributed by atoms with Crippen molar-refractivity contribution in [3.63, 3.8) is 0 Å². The number of ether oxygens (including phenoxy) is 1. The molecule has 1 aromatic heterocycles. The molecular weight excluding hydrogens is 272 g/mol. The van der Waals surface area contributed by atoms with Crippen LogP contribution in [-0.4, -0.2) is 52.7 Å². The van der Waals surface area contributed by atoms with Gasteiger partial charge in [0.2, 0.25) is 5.91 Å². The van der Waals surface area contributed by atoms with Gasteiger partial charge in [0.1, 0.15) is 6.04 Å². The van der Waals surface area contributed by atoms with Gasteiger partial charge in [0.25, 0.3) is 5.56 Å². The van der Waals surface area contributed by atoms with Crippen LogP contribution in [0.25, 0.3) is 0 Å². The van der Waals surface area contributed by atoms with Gasteiger partial charge in [-0.2, -0.15) is 0 Å². The Morgan fingerprint density at radius 3 is 2.81 bits per heavy atom. The number of amides is 1. The van der Waals surface area contributed by atoms with E-state index in [1.807, 2.05) is 0 Å². The molecule has 1 amide bonds. The molecule has 1 saturated carbocycles. The summed E-state index contributed by atoms with van der Waals surface area (Å²) in [6.45, 7) is 4.08. The molecule has 1 atom stereocenters. The van der Waals surface area contributed by atoms with E-state index in [4.69, 9.17) is 4.74 Å². The molecule has 2 aliphatic rings. The highest BCUT2D eigenvalue weighted by atomic mass is 16.5. The number of carbonyl (C=O) groups is 1. The number of hydrogen-bond donors (Lipinski definition) is 1. The highest BCUT2D eigenvalue weighted by Gasteiger charge is 2.27. The fourth-order valence-corrected chi connectivity index (χ4v) is 2.49. The molecule has 21 heavy (non-hydrogen) atoms. The first-order chi connectivity index (χ1) is 10.2. The lowest BCUT2D eigenvalue weighted by molar-refractivity contribution is -0.135. The zero-order chi connectivity index (χ0) is 14.8. The van der Waals surface area contributed by atoms with Gasteiger partial charge in [-0.05, 0) is 19.8 Å². The highest BCUT2D eigenvalue weighted by molar-refractivity contribution is 5.84. The molecule has 0 bridgehead atoms. The Labute approximate surface area is 122 Å². The summed E-state index contributed by atoms with van der Waals surface area (Å²) in [5, 5.41) is 2.95. The number of hydrogen-bond acceptors (Lipinski definition) is 5. The van der Waals surface area contributed by atoms with Gasteiger partial charge < -0.3 is 19.5 Å². The molecule has 1 N–H and O–H groups in total. The maximum Gasteiger partial charge on any atom is 0.293 e. The molecule has 0 spiro atoms. The van der Waals surface area contributed by atoms with Crippen molar-refractivity contribution in [3.8, 4) is 0 Å². The van der Waals surface area contributed by atoms with Crippen LogP contribution in [0.4, 0.5) is 5.82 Å². The molecule has 0 radical (unpaired) electrons. The Hall–Kier alpha value is -1.89. The second-order valence-corrected chi connectivity index (χ2v) is 5.52. The summed E-state index contributed by atoms with van der Waals surface area (Å²) < 4.78 is 6.93. The zero-order valence-corrected chi connectivity index (χ0v) is 12.1. The topological polar surface area (TPSA) is 76.5 Å². The predicted molar refractivity (Wildman–Crippen MR) is 77.3 cm³/mol. The molecule has 1 aliphatic carbocycles. The van der Waals surface area contributed by atoms with E-state index in [1.54, 1.807) is 28.8 Å². The maximum atomic E-state index is 12.3. The molecule has 0 aromatic carbocycles. The smallest absolute Gasteiger partial charge is 0.293 e. The number of anilines is 1. The van der Waals surface area contributed by atoms with Gasteiger partial charge in [-0.15, -0.1) is 0 Å². The second-order valence-electron chi connectivity index (χ2n) is 5.52. The number of carbonyl (C=O) groups excluding carboxylic acids is 1. The largest absolute Gasteiger partial charge is 0.378 e. The quantitative estimate of drug-likeness (QED) is 0.860. The number of rotatable bonds is 4. The van der Waals surface area contributed by atoms with E-state index in [9.17, 15) is 9.59 Å². The van der Waals surface area contributed by atoms with E-state index >= 15 is 0 Å². The van der Waals surface area contributed by atoms with Gasteiger partial charge in [-0.1, -0.05) is 0 Å². The van der Waals surface area contributed by atoms with Crippen LogP contribution in [0.15, 0.2) is 17.2 Å². The summed E-state index contributed by atoms with van der Waals surface area (Å²) >= 11 is 0.